The summed E-state index contributed by atoms with van der Waals surface area (Å²) in [4.78, 5) is 0. The number of aryl methyl sites for hydroxylation is 1. The molecule has 2 aromatic carbocycles. The number of rotatable bonds is 6. The minimum absolute atomic E-state index is 0.0540. The highest BCUT2D eigenvalue weighted by molar-refractivity contribution is 7.80. The highest BCUT2D eigenvalue weighted by Gasteiger charge is 2.08. The molecule has 0 heterocycles. The van der Waals surface area contributed by atoms with Gasteiger partial charge in [-0.15, -0.1) is 0 Å². The van der Waals surface area contributed by atoms with Gasteiger partial charge in [0.25, 0.3) is 0 Å². The van der Waals surface area contributed by atoms with Crippen LogP contribution in [0.25, 0.3) is 0 Å². The minimum atomic E-state index is 0.0540. The van der Waals surface area contributed by atoms with Crippen molar-refractivity contribution in [3.8, 4) is 11.5 Å². The lowest BCUT2D eigenvalue weighted by Gasteiger charge is -2.18. The van der Waals surface area contributed by atoms with Gasteiger partial charge >= 0.3 is 0 Å². The summed E-state index contributed by atoms with van der Waals surface area (Å²) in [5, 5.41) is 7.33. The van der Waals surface area contributed by atoms with Gasteiger partial charge in [-0.2, -0.15) is 0 Å². The van der Waals surface area contributed by atoms with Gasteiger partial charge in [0.05, 0.1) is 18.2 Å². The number of para-hydroxylation sites is 1. The van der Waals surface area contributed by atoms with E-state index in [2.05, 4.69) is 10.6 Å². The van der Waals surface area contributed by atoms with Crippen LogP contribution in [0.5, 0.6) is 11.5 Å². The van der Waals surface area contributed by atoms with Gasteiger partial charge in [-0.1, -0.05) is 29.8 Å². The van der Waals surface area contributed by atoms with Crippen LogP contribution in [0.1, 0.15) is 12.5 Å². The van der Waals surface area contributed by atoms with Gasteiger partial charge in [0, 0.05) is 5.69 Å². The Morgan fingerprint density at radius 1 is 1.21 bits per heavy atom. The molecule has 0 amide bonds. The Bertz CT molecular complexity index is 709. The molecule has 0 aliphatic heterocycles. The second-order valence-electron chi connectivity index (χ2n) is 5.43. The zero-order valence-electron chi connectivity index (χ0n) is 13.9. The molecule has 0 aromatic heterocycles. The van der Waals surface area contributed by atoms with Crippen molar-refractivity contribution < 1.29 is 9.47 Å². The summed E-state index contributed by atoms with van der Waals surface area (Å²) in [6, 6.07) is 13.4. The predicted molar refractivity (Wildman–Crippen MR) is 103 cm³/mol. The van der Waals surface area contributed by atoms with Crippen LogP contribution in [0.4, 0.5) is 5.69 Å². The molecule has 0 spiro atoms. The number of thiocarbonyl (C=S) groups is 1. The van der Waals surface area contributed by atoms with Crippen LogP contribution in [0.2, 0.25) is 5.02 Å². The zero-order valence-corrected chi connectivity index (χ0v) is 15.5. The molecular formula is C18H21ClN2O2S. The molecule has 1 unspecified atom stereocenters. The largest absolute Gasteiger partial charge is 0.495 e. The fraction of sp³-hybridized carbons (Fsp3) is 0.278. The van der Waals surface area contributed by atoms with Crippen LogP contribution < -0.4 is 20.1 Å². The molecule has 4 nitrogen and oxygen atoms in total. The van der Waals surface area contributed by atoms with Crippen molar-refractivity contribution in [3.63, 3.8) is 0 Å². The van der Waals surface area contributed by atoms with Gasteiger partial charge in [-0.25, -0.2) is 0 Å². The highest BCUT2D eigenvalue weighted by atomic mass is 35.5. The van der Waals surface area contributed by atoms with E-state index in [-0.39, 0.29) is 6.04 Å². The van der Waals surface area contributed by atoms with Gasteiger partial charge in [0.15, 0.2) is 5.11 Å². The van der Waals surface area contributed by atoms with E-state index in [0.717, 1.165) is 17.0 Å². The molecule has 0 radical (unpaired) electrons. The Labute approximate surface area is 153 Å². The SMILES string of the molecule is COc1ccc(NC(=S)NC(C)COc2ccccc2C)cc1Cl. The summed E-state index contributed by atoms with van der Waals surface area (Å²) in [5.41, 5.74) is 1.91. The summed E-state index contributed by atoms with van der Waals surface area (Å²) in [6.45, 7) is 4.54. The van der Waals surface area contributed by atoms with Crippen LogP contribution in [-0.4, -0.2) is 24.9 Å². The summed E-state index contributed by atoms with van der Waals surface area (Å²) in [5.74, 6) is 1.51. The predicted octanol–water partition coefficient (Wildman–Crippen LogP) is 4.41. The molecule has 1 atom stereocenters. The first-order valence-electron chi connectivity index (χ1n) is 7.59. The third kappa shape index (κ3) is 5.28. The lowest BCUT2D eigenvalue weighted by Crippen LogP contribution is -2.39. The Hall–Kier alpha value is -1.98. The maximum atomic E-state index is 6.10. The van der Waals surface area contributed by atoms with E-state index in [0.29, 0.717) is 22.5 Å². The molecule has 0 aliphatic carbocycles. The van der Waals surface area contributed by atoms with Crippen molar-refractivity contribution in [1.82, 2.24) is 5.32 Å². The van der Waals surface area contributed by atoms with Gasteiger partial charge in [-0.05, 0) is 55.9 Å². The first-order valence-corrected chi connectivity index (χ1v) is 8.37. The molecule has 6 heteroatoms. The van der Waals surface area contributed by atoms with E-state index in [1.54, 1.807) is 19.2 Å². The van der Waals surface area contributed by atoms with E-state index < -0.39 is 0 Å². The molecule has 0 bridgehead atoms. The van der Waals surface area contributed by atoms with Gasteiger partial charge in [0.2, 0.25) is 0 Å². The van der Waals surface area contributed by atoms with Crippen LogP contribution in [0.15, 0.2) is 42.5 Å². The first-order chi connectivity index (χ1) is 11.5. The maximum Gasteiger partial charge on any atom is 0.171 e. The molecular weight excluding hydrogens is 344 g/mol. The van der Waals surface area contributed by atoms with E-state index >= 15 is 0 Å². The lowest BCUT2D eigenvalue weighted by atomic mass is 10.2. The topological polar surface area (TPSA) is 42.5 Å². The monoisotopic (exact) mass is 364 g/mol. The van der Waals surface area contributed by atoms with Gasteiger partial charge < -0.3 is 20.1 Å². The number of methoxy groups -OCH3 is 1. The Balaban J connectivity index is 1.83. The first kappa shape index (κ1) is 18.4. The van der Waals surface area contributed by atoms with Gasteiger partial charge in [-0.3, -0.25) is 0 Å². The van der Waals surface area contributed by atoms with E-state index in [1.165, 1.54) is 0 Å². The van der Waals surface area contributed by atoms with Crippen LogP contribution in [0, 0.1) is 6.92 Å². The molecule has 0 saturated carbocycles. The standard InChI is InChI=1S/C18H21ClN2O2S/c1-12-6-4-5-7-16(12)23-11-13(2)20-18(24)21-14-8-9-17(22-3)15(19)10-14/h4-10,13H,11H2,1-3H3,(H2,20,21,24). The van der Waals surface area contributed by atoms with Crippen molar-refractivity contribution in [1.29, 1.82) is 0 Å². The molecule has 2 N–H and O–H groups in total. The third-order valence-electron chi connectivity index (χ3n) is 3.37. The normalized spacial score (nSPS) is 11.5. The number of nitrogens with one attached hydrogen (secondary N) is 2. The molecule has 2 aromatic rings. The summed E-state index contributed by atoms with van der Waals surface area (Å²) >= 11 is 11.4. The molecule has 0 fully saturated rings. The number of ether oxygens (including phenoxy) is 2. The average molecular weight is 365 g/mol. The number of hydrogen-bond donors (Lipinski definition) is 2. The Morgan fingerprint density at radius 2 is 1.96 bits per heavy atom. The quantitative estimate of drug-likeness (QED) is 0.743. The highest BCUT2D eigenvalue weighted by Crippen LogP contribution is 2.27. The second kappa shape index (κ2) is 8.76. The second-order valence-corrected chi connectivity index (χ2v) is 6.24. The minimum Gasteiger partial charge on any atom is -0.495 e. The van der Waals surface area contributed by atoms with E-state index in [9.17, 15) is 0 Å². The average Bonchev–Trinajstić information content (AvgIpc) is 2.54. The van der Waals surface area contributed by atoms with E-state index in [4.69, 9.17) is 33.3 Å². The van der Waals surface area contributed by atoms with Crippen LogP contribution in [0.3, 0.4) is 0 Å². The molecule has 24 heavy (non-hydrogen) atoms. The zero-order chi connectivity index (χ0) is 17.5. The van der Waals surface area contributed by atoms with Crippen molar-refractivity contribution in [3.05, 3.63) is 53.1 Å². The molecule has 2 rings (SSSR count). The third-order valence-corrected chi connectivity index (χ3v) is 3.88. The fourth-order valence-corrected chi connectivity index (χ4v) is 2.69. The molecule has 128 valence electrons. The number of halogens is 1. The smallest absolute Gasteiger partial charge is 0.171 e. The van der Waals surface area contributed by atoms with Crippen molar-refractivity contribution in [2.45, 2.75) is 19.9 Å². The van der Waals surface area contributed by atoms with Crippen molar-refractivity contribution in [2.24, 2.45) is 0 Å². The summed E-state index contributed by atoms with van der Waals surface area (Å²) in [7, 11) is 1.58. The lowest BCUT2D eigenvalue weighted by molar-refractivity contribution is 0.285. The number of hydrogen-bond acceptors (Lipinski definition) is 3. The van der Waals surface area contributed by atoms with Crippen LogP contribution in [-0.2, 0) is 0 Å². The summed E-state index contributed by atoms with van der Waals surface area (Å²) in [6.07, 6.45) is 0. The van der Waals surface area contributed by atoms with Crippen molar-refractivity contribution in [2.75, 3.05) is 19.0 Å². The van der Waals surface area contributed by atoms with Crippen molar-refractivity contribution >= 4 is 34.6 Å². The fourth-order valence-electron chi connectivity index (χ4n) is 2.11. The van der Waals surface area contributed by atoms with Crippen LogP contribution >= 0.6 is 23.8 Å². The van der Waals surface area contributed by atoms with E-state index in [1.807, 2.05) is 44.2 Å². The summed E-state index contributed by atoms with van der Waals surface area (Å²) < 4.78 is 10.9. The Kier molecular flexibility index (Phi) is 6.70. The Morgan fingerprint density at radius 3 is 2.62 bits per heavy atom. The van der Waals surface area contributed by atoms with Gasteiger partial charge in [0.1, 0.15) is 18.1 Å². The number of benzene rings is 2. The maximum absolute atomic E-state index is 6.10. The molecule has 0 aliphatic rings. The molecule has 0 saturated heterocycles. The number of anilines is 1.